The van der Waals surface area contributed by atoms with Crippen molar-refractivity contribution in [1.29, 1.82) is 0 Å². The largest absolute Gasteiger partial charge is 0.409 e. The van der Waals surface area contributed by atoms with Crippen molar-refractivity contribution in [2.45, 2.75) is 0 Å². The van der Waals surface area contributed by atoms with Gasteiger partial charge in [0.1, 0.15) is 5.69 Å². The number of amidine groups is 1. The standard InChI is InChI=1S/C6H6ClN3O/c7-4-2-1-3-9-5(4)6(8)10-11/h1-3,11H,(H2,8,10). The highest BCUT2D eigenvalue weighted by atomic mass is 35.5. The number of pyridine rings is 1. The minimum atomic E-state index is -0.0874. The first-order chi connectivity index (χ1) is 5.25. The van der Waals surface area contributed by atoms with Crippen LogP contribution in [0.15, 0.2) is 23.5 Å². The number of oxime groups is 1. The molecule has 1 aromatic heterocycles. The van der Waals surface area contributed by atoms with Crippen LogP contribution in [0.5, 0.6) is 0 Å². The second-order valence-corrected chi connectivity index (χ2v) is 2.23. The van der Waals surface area contributed by atoms with Gasteiger partial charge in [0.15, 0.2) is 5.84 Å². The summed E-state index contributed by atoms with van der Waals surface area (Å²) < 4.78 is 0. The van der Waals surface area contributed by atoms with E-state index in [1.54, 1.807) is 12.1 Å². The fraction of sp³-hybridized carbons (Fsp3) is 0. The Morgan fingerprint density at radius 2 is 2.45 bits per heavy atom. The summed E-state index contributed by atoms with van der Waals surface area (Å²) in [4.78, 5) is 3.80. The van der Waals surface area contributed by atoms with Gasteiger partial charge in [0.05, 0.1) is 5.02 Å². The van der Waals surface area contributed by atoms with E-state index in [-0.39, 0.29) is 11.5 Å². The summed E-state index contributed by atoms with van der Waals surface area (Å²) in [5.41, 5.74) is 5.54. The average molecular weight is 172 g/mol. The first-order valence-electron chi connectivity index (χ1n) is 2.84. The topological polar surface area (TPSA) is 71.5 Å². The molecule has 11 heavy (non-hydrogen) atoms. The number of rotatable bonds is 1. The fourth-order valence-electron chi connectivity index (χ4n) is 0.622. The molecule has 1 rings (SSSR count). The summed E-state index contributed by atoms with van der Waals surface area (Å²) >= 11 is 5.66. The molecule has 0 aliphatic carbocycles. The van der Waals surface area contributed by atoms with Gasteiger partial charge in [0, 0.05) is 6.20 Å². The van der Waals surface area contributed by atoms with Gasteiger partial charge < -0.3 is 10.9 Å². The summed E-state index contributed by atoms with van der Waals surface area (Å²) in [5.74, 6) is -0.0874. The molecule has 0 amide bonds. The molecule has 58 valence electrons. The molecule has 1 aromatic rings. The molecule has 0 spiro atoms. The van der Waals surface area contributed by atoms with Crippen LogP contribution in [0.25, 0.3) is 0 Å². The Labute approximate surface area is 68.3 Å². The van der Waals surface area contributed by atoms with Gasteiger partial charge in [-0.3, -0.25) is 4.98 Å². The molecule has 4 nitrogen and oxygen atoms in total. The van der Waals surface area contributed by atoms with Gasteiger partial charge in [-0.25, -0.2) is 0 Å². The van der Waals surface area contributed by atoms with E-state index >= 15 is 0 Å². The lowest BCUT2D eigenvalue weighted by atomic mass is 10.3. The van der Waals surface area contributed by atoms with E-state index in [0.29, 0.717) is 5.02 Å². The normalized spacial score (nSPS) is 11.5. The van der Waals surface area contributed by atoms with E-state index in [1.165, 1.54) is 6.20 Å². The van der Waals surface area contributed by atoms with Gasteiger partial charge in [-0.2, -0.15) is 0 Å². The van der Waals surface area contributed by atoms with E-state index in [4.69, 9.17) is 22.5 Å². The van der Waals surface area contributed by atoms with Gasteiger partial charge in [-0.05, 0) is 12.1 Å². The predicted octanol–water partition coefficient (Wildman–Crippen LogP) is 0.829. The van der Waals surface area contributed by atoms with Crippen LogP contribution in [0, 0.1) is 0 Å². The maximum absolute atomic E-state index is 8.28. The molecule has 0 atom stereocenters. The Kier molecular flexibility index (Phi) is 2.28. The van der Waals surface area contributed by atoms with Crippen molar-refractivity contribution < 1.29 is 5.21 Å². The highest BCUT2D eigenvalue weighted by molar-refractivity contribution is 6.33. The minimum Gasteiger partial charge on any atom is -0.409 e. The van der Waals surface area contributed by atoms with E-state index in [1.807, 2.05) is 0 Å². The molecule has 0 aromatic carbocycles. The smallest absolute Gasteiger partial charge is 0.190 e. The zero-order valence-electron chi connectivity index (χ0n) is 5.53. The van der Waals surface area contributed by atoms with Crippen LogP contribution in [0.1, 0.15) is 5.69 Å². The Hall–Kier alpha value is -1.29. The van der Waals surface area contributed by atoms with E-state index < -0.39 is 0 Å². The first kappa shape index (κ1) is 7.81. The Morgan fingerprint density at radius 1 is 1.73 bits per heavy atom. The zero-order valence-corrected chi connectivity index (χ0v) is 6.28. The third-order valence-electron chi connectivity index (χ3n) is 1.11. The molecule has 1 heterocycles. The van der Waals surface area contributed by atoms with E-state index in [0.717, 1.165) is 0 Å². The van der Waals surface area contributed by atoms with Crippen molar-refractivity contribution in [2.24, 2.45) is 10.9 Å². The second kappa shape index (κ2) is 3.21. The van der Waals surface area contributed by atoms with E-state index in [9.17, 15) is 0 Å². The quantitative estimate of drug-likeness (QED) is 0.285. The predicted molar refractivity (Wildman–Crippen MR) is 41.8 cm³/mol. The Morgan fingerprint density at radius 3 is 3.00 bits per heavy atom. The third kappa shape index (κ3) is 1.59. The average Bonchev–Trinajstić information content (AvgIpc) is 2.04. The highest BCUT2D eigenvalue weighted by Gasteiger charge is 2.04. The van der Waals surface area contributed by atoms with Gasteiger partial charge in [-0.1, -0.05) is 16.8 Å². The van der Waals surface area contributed by atoms with Crippen LogP contribution in [-0.4, -0.2) is 16.0 Å². The molecule has 0 aliphatic heterocycles. The molecular formula is C6H6ClN3O. The molecule has 5 heteroatoms. The summed E-state index contributed by atoms with van der Waals surface area (Å²) in [7, 11) is 0. The fourth-order valence-corrected chi connectivity index (χ4v) is 0.840. The lowest BCUT2D eigenvalue weighted by Gasteiger charge is -1.97. The lowest BCUT2D eigenvalue weighted by molar-refractivity contribution is 0.318. The molecule has 0 saturated carbocycles. The van der Waals surface area contributed by atoms with Crippen molar-refractivity contribution in [2.75, 3.05) is 0 Å². The van der Waals surface area contributed by atoms with Crippen LogP contribution in [0.2, 0.25) is 5.02 Å². The van der Waals surface area contributed by atoms with Gasteiger partial charge in [0.2, 0.25) is 0 Å². The van der Waals surface area contributed by atoms with E-state index in [2.05, 4.69) is 10.1 Å². The molecule has 0 fully saturated rings. The Balaban J connectivity index is 3.14. The number of nitrogens with zero attached hydrogens (tertiary/aromatic N) is 2. The van der Waals surface area contributed by atoms with Crippen LogP contribution in [0.4, 0.5) is 0 Å². The molecule has 0 saturated heterocycles. The molecular weight excluding hydrogens is 166 g/mol. The summed E-state index contributed by atoms with van der Waals surface area (Å²) in [6, 6.07) is 3.28. The maximum Gasteiger partial charge on any atom is 0.190 e. The minimum absolute atomic E-state index is 0.0874. The maximum atomic E-state index is 8.28. The number of aromatic nitrogens is 1. The van der Waals surface area contributed by atoms with Crippen LogP contribution in [-0.2, 0) is 0 Å². The van der Waals surface area contributed by atoms with Gasteiger partial charge in [0.25, 0.3) is 0 Å². The molecule has 0 radical (unpaired) electrons. The monoisotopic (exact) mass is 171 g/mol. The number of hydrogen-bond donors (Lipinski definition) is 2. The summed E-state index contributed by atoms with van der Waals surface area (Å²) in [6.07, 6.45) is 1.51. The van der Waals surface area contributed by atoms with Crippen molar-refractivity contribution in [1.82, 2.24) is 4.98 Å². The molecule has 0 bridgehead atoms. The Bertz CT molecular complexity index is 287. The molecule has 0 aliphatic rings. The number of nitrogens with two attached hydrogens (primary N) is 1. The highest BCUT2D eigenvalue weighted by Crippen LogP contribution is 2.10. The van der Waals surface area contributed by atoms with Crippen LogP contribution in [0.3, 0.4) is 0 Å². The van der Waals surface area contributed by atoms with Gasteiger partial charge in [-0.15, -0.1) is 0 Å². The summed E-state index contributed by atoms with van der Waals surface area (Å²) in [6.45, 7) is 0. The number of hydrogen-bond acceptors (Lipinski definition) is 3. The van der Waals surface area contributed by atoms with Crippen molar-refractivity contribution in [3.05, 3.63) is 29.0 Å². The van der Waals surface area contributed by atoms with Crippen molar-refractivity contribution in [3.63, 3.8) is 0 Å². The zero-order chi connectivity index (χ0) is 8.27. The SMILES string of the molecule is N/C(=N\O)c1ncccc1Cl. The van der Waals surface area contributed by atoms with Crippen LogP contribution < -0.4 is 5.73 Å². The third-order valence-corrected chi connectivity index (χ3v) is 1.41. The number of halogens is 1. The van der Waals surface area contributed by atoms with Crippen LogP contribution >= 0.6 is 11.6 Å². The molecule has 3 N–H and O–H groups in total. The first-order valence-corrected chi connectivity index (χ1v) is 3.22. The second-order valence-electron chi connectivity index (χ2n) is 1.82. The molecule has 0 unspecified atom stereocenters. The van der Waals surface area contributed by atoms with Crippen molar-refractivity contribution in [3.8, 4) is 0 Å². The lowest BCUT2D eigenvalue weighted by Crippen LogP contribution is -2.15. The van der Waals surface area contributed by atoms with Gasteiger partial charge >= 0.3 is 0 Å². The summed E-state index contributed by atoms with van der Waals surface area (Å²) in [5, 5.41) is 11.4. The van der Waals surface area contributed by atoms with Crippen molar-refractivity contribution >= 4 is 17.4 Å².